The highest BCUT2D eigenvalue weighted by Gasteiger charge is 2.27. The van der Waals surface area contributed by atoms with Gasteiger partial charge in [0.05, 0.1) is 19.2 Å². The highest BCUT2D eigenvalue weighted by molar-refractivity contribution is 5.79. The summed E-state index contributed by atoms with van der Waals surface area (Å²) >= 11 is 0. The molecule has 3 heterocycles. The maximum absolute atomic E-state index is 12.2. The Morgan fingerprint density at radius 3 is 2.95 bits per heavy atom. The van der Waals surface area contributed by atoms with Crippen molar-refractivity contribution in [2.75, 3.05) is 13.1 Å². The summed E-state index contributed by atoms with van der Waals surface area (Å²) in [5.41, 5.74) is 0.931. The van der Waals surface area contributed by atoms with Crippen molar-refractivity contribution >= 4 is 5.91 Å². The van der Waals surface area contributed by atoms with Crippen LogP contribution in [0.3, 0.4) is 0 Å². The minimum Gasteiger partial charge on any atom is -0.471 e. The van der Waals surface area contributed by atoms with Crippen LogP contribution in [0.15, 0.2) is 43.1 Å². The van der Waals surface area contributed by atoms with Crippen LogP contribution in [0.4, 0.5) is 0 Å². The van der Waals surface area contributed by atoms with Gasteiger partial charge in [0.1, 0.15) is 6.10 Å². The van der Waals surface area contributed by atoms with Crippen LogP contribution in [0.5, 0.6) is 5.88 Å². The number of aromatic nitrogens is 3. The number of rotatable bonds is 4. The minimum absolute atomic E-state index is 0.0143. The van der Waals surface area contributed by atoms with E-state index >= 15 is 0 Å². The number of hydrogen-bond acceptors (Lipinski definition) is 5. The number of amides is 1. The molecule has 0 N–H and O–H groups in total. The van der Waals surface area contributed by atoms with Crippen molar-refractivity contribution in [1.82, 2.24) is 19.9 Å². The summed E-state index contributed by atoms with van der Waals surface area (Å²) in [5.74, 6) is 0.609. The molecule has 1 saturated heterocycles. The van der Waals surface area contributed by atoms with E-state index in [1.165, 1.54) is 0 Å². The smallest absolute Gasteiger partial charge is 0.232 e. The van der Waals surface area contributed by atoms with Crippen LogP contribution in [0.25, 0.3) is 0 Å². The molecule has 108 valence electrons. The zero-order valence-corrected chi connectivity index (χ0v) is 11.6. The summed E-state index contributed by atoms with van der Waals surface area (Å²) in [7, 11) is 0. The Bertz CT molecular complexity index is 591. The van der Waals surface area contributed by atoms with Gasteiger partial charge in [-0.2, -0.15) is 0 Å². The highest BCUT2D eigenvalue weighted by atomic mass is 16.5. The molecule has 1 amide bonds. The highest BCUT2D eigenvalue weighted by Crippen LogP contribution is 2.16. The van der Waals surface area contributed by atoms with Gasteiger partial charge in [-0.3, -0.25) is 14.8 Å². The average Bonchev–Trinajstić information content (AvgIpc) is 2.98. The van der Waals surface area contributed by atoms with E-state index in [-0.39, 0.29) is 12.0 Å². The number of nitrogens with zero attached hydrogens (tertiary/aromatic N) is 4. The summed E-state index contributed by atoms with van der Waals surface area (Å²) in [6.07, 6.45) is 9.39. The molecule has 0 aromatic carbocycles. The van der Waals surface area contributed by atoms with Crippen LogP contribution < -0.4 is 4.74 Å². The molecule has 1 aliphatic heterocycles. The third-order valence-corrected chi connectivity index (χ3v) is 3.40. The predicted molar refractivity (Wildman–Crippen MR) is 75.6 cm³/mol. The Morgan fingerprint density at radius 1 is 1.29 bits per heavy atom. The van der Waals surface area contributed by atoms with Crippen LogP contribution in [0, 0.1) is 0 Å². The fourth-order valence-electron chi connectivity index (χ4n) is 2.36. The molecule has 0 aliphatic carbocycles. The normalized spacial score (nSPS) is 17.7. The second-order valence-electron chi connectivity index (χ2n) is 4.95. The number of ether oxygens (including phenoxy) is 1. The van der Waals surface area contributed by atoms with Gasteiger partial charge in [-0.05, 0) is 11.6 Å². The fraction of sp³-hybridized carbons (Fsp3) is 0.333. The molecule has 1 aliphatic rings. The second kappa shape index (κ2) is 6.30. The minimum atomic E-state index is -0.0143. The Balaban J connectivity index is 1.53. The van der Waals surface area contributed by atoms with E-state index in [1.54, 1.807) is 31.0 Å². The molecule has 2 aromatic heterocycles. The fourth-order valence-corrected chi connectivity index (χ4v) is 2.36. The lowest BCUT2D eigenvalue weighted by Crippen LogP contribution is -2.32. The summed E-state index contributed by atoms with van der Waals surface area (Å²) < 4.78 is 5.73. The van der Waals surface area contributed by atoms with Crippen LogP contribution >= 0.6 is 0 Å². The van der Waals surface area contributed by atoms with Gasteiger partial charge in [-0.15, -0.1) is 0 Å². The van der Waals surface area contributed by atoms with E-state index in [4.69, 9.17) is 4.74 Å². The quantitative estimate of drug-likeness (QED) is 0.841. The van der Waals surface area contributed by atoms with Gasteiger partial charge in [0.2, 0.25) is 11.8 Å². The summed E-state index contributed by atoms with van der Waals surface area (Å²) in [4.78, 5) is 26.1. The van der Waals surface area contributed by atoms with E-state index in [9.17, 15) is 4.79 Å². The van der Waals surface area contributed by atoms with Crippen molar-refractivity contribution in [3.63, 3.8) is 0 Å². The third-order valence-electron chi connectivity index (χ3n) is 3.40. The molecule has 0 unspecified atom stereocenters. The monoisotopic (exact) mass is 284 g/mol. The van der Waals surface area contributed by atoms with Gasteiger partial charge in [-0.1, -0.05) is 6.07 Å². The molecule has 1 fully saturated rings. The molecular formula is C15H16N4O2. The van der Waals surface area contributed by atoms with Crippen molar-refractivity contribution in [2.24, 2.45) is 0 Å². The first-order valence-electron chi connectivity index (χ1n) is 6.90. The van der Waals surface area contributed by atoms with Crippen molar-refractivity contribution in [1.29, 1.82) is 0 Å². The van der Waals surface area contributed by atoms with Gasteiger partial charge in [-0.25, -0.2) is 4.98 Å². The first-order valence-corrected chi connectivity index (χ1v) is 6.90. The van der Waals surface area contributed by atoms with E-state index in [2.05, 4.69) is 15.0 Å². The maximum Gasteiger partial charge on any atom is 0.232 e. The Kier molecular flexibility index (Phi) is 4.04. The van der Waals surface area contributed by atoms with E-state index in [1.807, 2.05) is 17.0 Å². The number of likely N-dealkylation sites (tertiary alicyclic amines) is 1. The molecule has 2 aromatic rings. The predicted octanol–water partition coefficient (Wildman–Crippen LogP) is 1.09. The van der Waals surface area contributed by atoms with Crippen LogP contribution in [-0.2, 0) is 11.2 Å². The van der Waals surface area contributed by atoms with Crippen molar-refractivity contribution in [3.05, 3.63) is 48.7 Å². The lowest BCUT2D eigenvalue weighted by Gasteiger charge is -2.16. The van der Waals surface area contributed by atoms with Crippen molar-refractivity contribution < 1.29 is 9.53 Å². The van der Waals surface area contributed by atoms with Crippen LogP contribution in [0.1, 0.15) is 12.0 Å². The molecule has 21 heavy (non-hydrogen) atoms. The van der Waals surface area contributed by atoms with Gasteiger partial charge >= 0.3 is 0 Å². The number of hydrogen-bond donors (Lipinski definition) is 0. The molecule has 0 spiro atoms. The van der Waals surface area contributed by atoms with Gasteiger partial charge in [0, 0.05) is 37.8 Å². The number of pyridine rings is 1. The molecule has 0 saturated carbocycles. The zero-order chi connectivity index (χ0) is 14.5. The topological polar surface area (TPSA) is 68.2 Å². The molecule has 0 radical (unpaired) electrons. The Morgan fingerprint density at radius 2 is 2.19 bits per heavy atom. The van der Waals surface area contributed by atoms with Gasteiger partial charge in [0.25, 0.3) is 0 Å². The molecule has 1 atom stereocenters. The van der Waals surface area contributed by atoms with Gasteiger partial charge in [0.15, 0.2) is 0 Å². The number of carbonyl (C=O) groups is 1. The van der Waals surface area contributed by atoms with E-state index in [0.717, 1.165) is 12.0 Å². The van der Waals surface area contributed by atoms with Crippen molar-refractivity contribution in [2.45, 2.75) is 18.9 Å². The summed E-state index contributed by atoms with van der Waals surface area (Å²) in [6, 6.07) is 3.75. The molecule has 6 heteroatoms. The Labute approximate surface area is 122 Å². The molecule has 3 rings (SSSR count). The third kappa shape index (κ3) is 3.53. The zero-order valence-electron chi connectivity index (χ0n) is 11.6. The van der Waals surface area contributed by atoms with E-state index in [0.29, 0.717) is 25.4 Å². The molecule has 6 nitrogen and oxygen atoms in total. The maximum atomic E-state index is 12.2. The summed E-state index contributed by atoms with van der Waals surface area (Å²) in [5, 5.41) is 0. The lowest BCUT2D eigenvalue weighted by atomic mass is 10.2. The Hall–Kier alpha value is -2.50. The molecular weight excluding hydrogens is 268 g/mol. The van der Waals surface area contributed by atoms with Crippen LogP contribution in [0.2, 0.25) is 0 Å². The standard InChI is InChI=1S/C15H16N4O2/c20-15(8-12-2-1-4-16-9-12)19-7-3-13(11-19)21-14-10-17-5-6-18-14/h1-2,4-6,9-10,13H,3,7-8,11H2/t13-/m1/s1. The SMILES string of the molecule is O=C(Cc1cccnc1)N1CC[C@@H](Oc2cnccn2)C1. The lowest BCUT2D eigenvalue weighted by molar-refractivity contribution is -0.129. The largest absolute Gasteiger partial charge is 0.471 e. The van der Waals surface area contributed by atoms with Crippen molar-refractivity contribution in [3.8, 4) is 5.88 Å². The first-order chi connectivity index (χ1) is 10.3. The van der Waals surface area contributed by atoms with E-state index < -0.39 is 0 Å². The van der Waals surface area contributed by atoms with Crippen LogP contribution in [-0.4, -0.2) is 45.0 Å². The average molecular weight is 284 g/mol. The number of carbonyl (C=O) groups excluding carboxylic acids is 1. The van der Waals surface area contributed by atoms with Gasteiger partial charge < -0.3 is 9.64 Å². The summed E-state index contributed by atoms with van der Waals surface area (Å²) in [6.45, 7) is 1.31. The first kappa shape index (κ1) is 13.5. The second-order valence-corrected chi connectivity index (χ2v) is 4.95. The molecule has 0 bridgehead atoms.